The standard InChI is InChI=1S/C21H37ClO3/c1-2-3-4-5-6-7-8-9-10-11-12-13-14-15-16-17-21(24)25-19-20(23)18-22/h6-7,9-10,20,23H,2-5,8,11-19H2,1H3/b7-6-,10-9-. The molecule has 0 heterocycles. The quantitative estimate of drug-likeness (QED) is 0.149. The van der Waals surface area contributed by atoms with E-state index in [4.69, 9.17) is 16.3 Å². The van der Waals surface area contributed by atoms with Gasteiger partial charge in [0.25, 0.3) is 0 Å². The molecule has 0 rings (SSSR count). The van der Waals surface area contributed by atoms with Crippen LogP contribution in [0, 0.1) is 0 Å². The molecule has 4 heteroatoms. The van der Waals surface area contributed by atoms with Crippen molar-refractivity contribution < 1.29 is 14.6 Å². The van der Waals surface area contributed by atoms with Crippen LogP contribution in [0.15, 0.2) is 24.3 Å². The van der Waals surface area contributed by atoms with Crippen molar-refractivity contribution in [1.82, 2.24) is 0 Å². The highest BCUT2D eigenvalue weighted by atomic mass is 35.5. The van der Waals surface area contributed by atoms with E-state index in [-0.39, 0.29) is 18.5 Å². The summed E-state index contributed by atoms with van der Waals surface area (Å²) < 4.78 is 4.93. The lowest BCUT2D eigenvalue weighted by Crippen LogP contribution is -2.19. The minimum Gasteiger partial charge on any atom is -0.463 e. The number of hydrogen-bond donors (Lipinski definition) is 1. The molecule has 0 aromatic carbocycles. The van der Waals surface area contributed by atoms with E-state index >= 15 is 0 Å². The highest BCUT2D eigenvalue weighted by molar-refractivity contribution is 6.18. The zero-order chi connectivity index (χ0) is 18.6. The molecule has 0 spiro atoms. The van der Waals surface area contributed by atoms with E-state index in [0.717, 1.165) is 32.1 Å². The van der Waals surface area contributed by atoms with Gasteiger partial charge in [0.2, 0.25) is 0 Å². The first-order valence-electron chi connectivity index (χ1n) is 9.90. The third-order valence-electron chi connectivity index (χ3n) is 3.95. The Hall–Kier alpha value is -0.800. The summed E-state index contributed by atoms with van der Waals surface area (Å²) in [6.45, 7) is 2.24. The minimum atomic E-state index is -0.754. The Labute approximate surface area is 159 Å². The summed E-state index contributed by atoms with van der Waals surface area (Å²) in [4.78, 5) is 11.4. The number of esters is 1. The van der Waals surface area contributed by atoms with Crippen molar-refractivity contribution >= 4 is 17.6 Å². The van der Waals surface area contributed by atoms with E-state index in [1.54, 1.807) is 0 Å². The summed E-state index contributed by atoms with van der Waals surface area (Å²) in [5, 5.41) is 9.19. The van der Waals surface area contributed by atoms with Crippen LogP contribution in [0.3, 0.4) is 0 Å². The van der Waals surface area contributed by atoms with E-state index in [1.807, 2.05) is 0 Å². The number of aliphatic hydroxyl groups is 1. The number of hydrogen-bond acceptors (Lipinski definition) is 3. The van der Waals surface area contributed by atoms with Gasteiger partial charge in [-0.3, -0.25) is 4.79 Å². The third kappa shape index (κ3) is 19.4. The molecule has 0 aliphatic heterocycles. The normalized spacial score (nSPS) is 12.9. The van der Waals surface area contributed by atoms with Crippen LogP contribution in [0.5, 0.6) is 0 Å². The Kier molecular flexibility index (Phi) is 18.9. The number of ether oxygens (including phenoxy) is 1. The van der Waals surface area contributed by atoms with Crippen molar-refractivity contribution in [2.45, 2.75) is 90.1 Å². The van der Waals surface area contributed by atoms with Crippen molar-refractivity contribution in [3.63, 3.8) is 0 Å². The van der Waals surface area contributed by atoms with Gasteiger partial charge in [0.05, 0.1) is 5.88 Å². The molecule has 0 aliphatic carbocycles. The van der Waals surface area contributed by atoms with E-state index < -0.39 is 6.10 Å². The second-order valence-corrected chi connectivity index (χ2v) is 6.78. The maximum absolute atomic E-state index is 11.4. The van der Waals surface area contributed by atoms with Crippen LogP contribution >= 0.6 is 11.6 Å². The molecule has 0 saturated carbocycles. The highest BCUT2D eigenvalue weighted by Crippen LogP contribution is 2.09. The second kappa shape index (κ2) is 19.5. The average Bonchev–Trinajstić information content (AvgIpc) is 2.62. The molecule has 0 saturated heterocycles. The number of aliphatic hydroxyl groups excluding tert-OH is 1. The predicted octanol–water partition coefficient (Wildman–Crippen LogP) is 5.94. The zero-order valence-electron chi connectivity index (χ0n) is 15.9. The Morgan fingerprint density at radius 3 is 2.20 bits per heavy atom. The lowest BCUT2D eigenvalue weighted by atomic mass is 10.1. The van der Waals surface area contributed by atoms with Crippen molar-refractivity contribution in [3.05, 3.63) is 24.3 Å². The van der Waals surface area contributed by atoms with Crippen molar-refractivity contribution in [2.75, 3.05) is 12.5 Å². The van der Waals surface area contributed by atoms with Crippen molar-refractivity contribution in [3.8, 4) is 0 Å². The molecular formula is C21H37ClO3. The lowest BCUT2D eigenvalue weighted by Gasteiger charge is -2.07. The Bertz CT molecular complexity index is 353. The van der Waals surface area contributed by atoms with Crippen LogP contribution in [0.25, 0.3) is 0 Å². The maximum Gasteiger partial charge on any atom is 0.305 e. The summed E-state index contributed by atoms with van der Waals surface area (Å²) in [6.07, 6.45) is 21.6. The Morgan fingerprint density at radius 2 is 1.56 bits per heavy atom. The average molecular weight is 373 g/mol. The van der Waals surface area contributed by atoms with Gasteiger partial charge in [0.1, 0.15) is 12.7 Å². The molecular weight excluding hydrogens is 336 g/mol. The molecule has 3 nitrogen and oxygen atoms in total. The lowest BCUT2D eigenvalue weighted by molar-refractivity contribution is -0.146. The molecule has 1 atom stereocenters. The summed E-state index contributed by atoms with van der Waals surface area (Å²) >= 11 is 5.43. The molecule has 0 amide bonds. The molecule has 0 radical (unpaired) electrons. The molecule has 1 unspecified atom stereocenters. The SMILES string of the molecule is CCCCC/C=C\C/C=C\CCCCCCCC(=O)OCC(O)CCl. The monoisotopic (exact) mass is 372 g/mol. The molecule has 0 aromatic heterocycles. The predicted molar refractivity (Wildman–Crippen MR) is 107 cm³/mol. The Balaban J connectivity index is 3.30. The fraction of sp³-hybridized carbons (Fsp3) is 0.762. The summed E-state index contributed by atoms with van der Waals surface area (Å²) in [5.41, 5.74) is 0. The largest absolute Gasteiger partial charge is 0.463 e. The van der Waals surface area contributed by atoms with Gasteiger partial charge in [0, 0.05) is 6.42 Å². The molecule has 0 bridgehead atoms. The molecule has 0 aromatic rings. The molecule has 25 heavy (non-hydrogen) atoms. The van der Waals surface area contributed by atoms with E-state index in [9.17, 15) is 9.90 Å². The van der Waals surface area contributed by atoms with Crippen molar-refractivity contribution in [1.29, 1.82) is 0 Å². The fourth-order valence-electron chi connectivity index (χ4n) is 2.39. The van der Waals surface area contributed by atoms with Gasteiger partial charge in [-0.1, -0.05) is 63.3 Å². The van der Waals surface area contributed by atoms with Gasteiger partial charge in [-0.05, 0) is 38.5 Å². The minimum absolute atomic E-state index is 0.00258. The summed E-state index contributed by atoms with van der Waals surface area (Å²) in [7, 11) is 0. The number of rotatable bonds is 17. The van der Waals surface area contributed by atoms with Gasteiger partial charge in [-0.15, -0.1) is 11.6 Å². The first-order valence-corrected chi connectivity index (χ1v) is 10.4. The van der Waals surface area contributed by atoms with Crippen LogP contribution < -0.4 is 0 Å². The first kappa shape index (κ1) is 24.2. The summed E-state index contributed by atoms with van der Waals surface area (Å²) in [6, 6.07) is 0. The van der Waals surface area contributed by atoms with Crippen LogP contribution in [-0.4, -0.2) is 29.7 Å². The number of alkyl halides is 1. The van der Waals surface area contributed by atoms with E-state index in [2.05, 4.69) is 31.2 Å². The van der Waals surface area contributed by atoms with Crippen molar-refractivity contribution in [2.24, 2.45) is 0 Å². The molecule has 0 aliphatic rings. The van der Waals surface area contributed by atoms with Gasteiger partial charge in [-0.2, -0.15) is 0 Å². The molecule has 146 valence electrons. The van der Waals surface area contributed by atoms with Gasteiger partial charge in [-0.25, -0.2) is 0 Å². The molecule has 1 N–H and O–H groups in total. The van der Waals surface area contributed by atoms with Gasteiger partial charge >= 0.3 is 5.97 Å². The number of carbonyl (C=O) groups excluding carboxylic acids is 1. The molecule has 0 fully saturated rings. The number of carbonyl (C=O) groups is 1. The smallest absolute Gasteiger partial charge is 0.305 e. The first-order chi connectivity index (χ1) is 12.2. The number of halogens is 1. The number of allylic oxidation sites excluding steroid dienone is 4. The fourth-order valence-corrected chi connectivity index (χ4v) is 2.48. The van der Waals surface area contributed by atoms with Crippen LogP contribution in [-0.2, 0) is 9.53 Å². The summed E-state index contributed by atoms with van der Waals surface area (Å²) in [5.74, 6) is -0.147. The maximum atomic E-state index is 11.4. The topological polar surface area (TPSA) is 46.5 Å². The van der Waals surface area contributed by atoms with Gasteiger partial charge < -0.3 is 9.84 Å². The van der Waals surface area contributed by atoms with E-state index in [0.29, 0.717) is 6.42 Å². The zero-order valence-corrected chi connectivity index (χ0v) is 16.7. The second-order valence-electron chi connectivity index (χ2n) is 6.47. The highest BCUT2D eigenvalue weighted by Gasteiger charge is 2.07. The number of unbranched alkanes of at least 4 members (excludes halogenated alkanes) is 8. The van der Waals surface area contributed by atoms with Crippen LogP contribution in [0.2, 0.25) is 0 Å². The van der Waals surface area contributed by atoms with Crippen LogP contribution in [0.1, 0.15) is 84.0 Å². The van der Waals surface area contributed by atoms with Crippen LogP contribution in [0.4, 0.5) is 0 Å². The van der Waals surface area contributed by atoms with Gasteiger partial charge in [0.15, 0.2) is 0 Å². The Morgan fingerprint density at radius 1 is 0.960 bits per heavy atom. The third-order valence-corrected chi connectivity index (χ3v) is 4.30. The van der Waals surface area contributed by atoms with E-state index in [1.165, 1.54) is 38.5 Å².